The fourth-order valence-electron chi connectivity index (χ4n) is 3.44. The largest absolute Gasteiger partial charge is 0.359 e. The molecule has 3 rings (SSSR count). The molecule has 136 valence electrons. The zero-order valence-electron chi connectivity index (χ0n) is 14.3. The second-order valence-corrected chi connectivity index (χ2v) is 6.70. The highest BCUT2D eigenvalue weighted by atomic mass is 35.5. The van der Waals surface area contributed by atoms with E-state index in [-0.39, 0.29) is 5.91 Å². The van der Waals surface area contributed by atoms with Gasteiger partial charge in [-0.3, -0.25) is 10.1 Å². The number of carbonyl (C=O) groups is 2. The molecule has 0 spiro atoms. The molecule has 2 aromatic carbocycles. The fourth-order valence-corrected chi connectivity index (χ4v) is 3.70. The van der Waals surface area contributed by atoms with Crippen molar-refractivity contribution >= 4 is 29.2 Å². The van der Waals surface area contributed by atoms with Crippen molar-refractivity contribution in [3.8, 4) is 0 Å². The number of imide groups is 1. The fraction of sp³-hybridized carbons (Fsp3) is 0.263. The van der Waals surface area contributed by atoms with Gasteiger partial charge >= 0.3 is 6.03 Å². The number of urea groups is 1. The monoisotopic (exact) mass is 373 g/mol. The van der Waals surface area contributed by atoms with Crippen LogP contribution in [-0.2, 0) is 4.79 Å². The van der Waals surface area contributed by atoms with Gasteiger partial charge in [0.15, 0.2) is 6.04 Å². The highest BCUT2D eigenvalue weighted by Crippen LogP contribution is 2.25. The van der Waals surface area contributed by atoms with Gasteiger partial charge in [0, 0.05) is 5.56 Å². The minimum Gasteiger partial charge on any atom is -0.359 e. The third-order valence-corrected chi connectivity index (χ3v) is 4.97. The summed E-state index contributed by atoms with van der Waals surface area (Å²) in [5, 5.41) is 2.96. The van der Waals surface area contributed by atoms with Gasteiger partial charge in [0.1, 0.15) is 0 Å². The van der Waals surface area contributed by atoms with Crippen molar-refractivity contribution in [2.24, 2.45) is 5.73 Å². The normalized spacial score (nSPS) is 16.1. The van der Waals surface area contributed by atoms with Crippen molar-refractivity contribution in [3.63, 3.8) is 0 Å². The Balaban J connectivity index is 1.76. The van der Waals surface area contributed by atoms with E-state index in [1.807, 2.05) is 54.6 Å². The van der Waals surface area contributed by atoms with Gasteiger partial charge in [-0.2, -0.15) is 0 Å². The molecule has 0 unspecified atom stereocenters. The number of quaternary nitrogens is 1. The Hall–Kier alpha value is -2.57. The first kappa shape index (κ1) is 18.2. The number of para-hydroxylation sites is 1. The molecule has 0 radical (unpaired) electrons. The molecule has 4 N–H and O–H groups in total. The van der Waals surface area contributed by atoms with Crippen molar-refractivity contribution in [2.45, 2.75) is 6.04 Å². The van der Waals surface area contributed by atoms with Crippen LogP contribution in [0.25, 0.3) is 0 Å². The van der Waals surface area contributed by atoms with Gasteiger partial charge in [-0.25, -0.2) is 4.79 Å². The molecule has 0 aromatic heterocycles. The molecule has 1 aliphatic heterocycles. The zero-order chi connectivity index (χ0) is 18.5. The summed E-state index contributed by atoms with van der Waals surface area (Å²) in [6.45, 7) is 3.03. The maximum Gasteiger partial charge on any atom is 0.319 e. The van der Waals surface area contributed by atoms with Crippen LogP contribution in [0.15, 0.2) is 54.6 Å². The second-order valence-electron chi connectivity index (χ2n) is 6.29. The van der Waals surface area contributed by atoms with E-state index in [1.165, 1.54) is 0 Å². The first-order chi connectivity index (χ1) is 12.6. The van der Waals surface area contributed by atoms with Crippen LogP contribution < -0.4 is 20.9 Å². The van der Waals surface area contributed by atoms with Crippen LogP contribution >= 0.6 is 11.6 Å². The third kappa shape index (κ3) is 4.15. The Labute approximate surface area is 157 Å². The van der Waals surface area contributed by atoms with Crippen LogP contribution in [0.1, 0.15) is 11.6 Å². The summed E-state index contributed by atoms with van der Waals surface area (Å²) in [5.41, 5.74) is 7.02. The van der Waals surface area contributed by atoms with Gasteiger partial charge in [-0.1, -0.05) is 54.1 Å². The first-order valence-corrected chi connectivity index (χ1v) is 8.93. The highest BCUT2D eigenvalue weighted by molar-refractivity contribution is 6.33. The minimum atomic E-state index is -0.829. The van der Waals surface area contributed by atoms with E-state index in [2.05, 4.69) is 10.2 Å². The summed E-state index contributed by atoms with van der Waals surface area (Å²) in [6, 6.07) is 15.9. The quantitative estimate of drug-likeness (QED) is 0.747. The Kier molecular flexibility index (Phi) is 5.75. The summed E-state index contributed by atoms with van der Waals surface area (Å²) in [6.07, 6.45) is 0. The van der Waals surface area contributed by atoms with Crippen LogP contribution in [0.3, 0.4) is 0 Å². The number of nitrogens with zero attached hydrogens (tertiary/aromatic N) is 1. The molecule has 1 aliphatic rings. The number of amides is 3. The van der Waals surface area contributed by atoms with E-state index in [1.54, 1.807) is 0 Å². The van der Waals surface area contributed by atoms with Crippen LogP contribution in [0, 0.1) is 0 Å². The molecular formula is C19H22ClN4O2+. The lowest BCUT2D eigenvalue weighted by molar-refractivity contribution is -0.922. The summed E-state index contributed by atoms with van der Waals surface area (Å²) in [4.78, 5) is 27.1. The van der Waals surface area contributed by atoms with Crippen molar-refractivity contribution in [3.05, 3.63) is 65.2 Å². The molecule has 1 fully saturated rings. The Morgan fingerprint density at radius 3 is 2.27 bits per heavy atom. The molecule has 2 aromatic rings. The highest BCUT2D eigenvalue weighted by Gasteiger charge is 2.35. The number of benzene rings is 2. The number of primary amides is 1. The minimum absolute atomic E-state index is 0.370. The number of rotatable bonds is 4. The lowest BCUT2D eigenvalue weighted by Gasteiger charge is -2.37. The van der Waals surface area contributed by atoms with Crippen LogP contribution in [0.2, 0.25) is 5.02 Å². The van der Waals surface area contributed by atoms with Gasteiger partial charge in [0.2, 0.25) is 0 Å². The Morgan fingerprint density at radius 1 is 1.04 bits per heavy atom. The molecule has 6 nitrogen and oxygen atoms in total. The number of carbonyl (C=O) groups excluding carboxylic acids is 2. The van der Waals surface area contributed by atoms with Gasteiger partial charge in [0.05, 0.1) is 36.9 Å². The molecule has 0 saturated carbocycles. The third-order valence-electron chi connectivity index (χ3n) is 4.65. The predicted molar refractivity (Wildman–Crippen MR) is 101 cm³/mol. The molecule has 3 amide bonds. The lowest BCUT2D eigenvalue weighted by Crippen LogP contribution is -3.16. The van der Waals surface area contributed by atoms with E-state index < -0.39 is 12.1 Å². The summed E-state index contributed by atoms with van der Waals surface area (Å²) < 4.78 is 0. The van der Waals surface area contributed by atoms with Crippen molar-refractivity contribution in [2.75, 3.05) is 31.1 Å². The number of nitrogens with two attached hydrogens (primary N) is 1. The molecule has 26 heavy (non-hydrogen) atoms. The molecule has 1 atom stereocenters. The Morgan fingerprint density at radius 2 is 1.65 bits per heavy atom. The van der Waals surface area contributed by atoms with Gasteiger partial charge < -0.3 is 15.5 Å². The maximum absolute atomic E-state index is 12.6. The number of anilines is 1. The van der Waals surface area contributed by atoms with Crippen molar-refractivity contribution < 1.29 is 14.5 Å². The Bertz CT molecular complexity index is 776. The van der Waals surface area contributed by atoms with Crippen molar-refractivity contribution in [1.82, 2.24) is 5.32 Å². The molecule has 0 bridgehead atoms. The molecule has 1 heterocycles. The van der Waals surface area contributed by atoms with E-state index >= 15 is 0 Å². The predicted octanol–water partition coefficient (Wildman–Crippen LogP) is 0.981. The van der Waals surface area contributed by atoms with Crippen LogP contribution in [0.5, 0.6) is 0 Å². The number of hydrogen-bond acceptors (Lipinski definition) is 3. The SMILES string of the molecule is NC(=O)NC(=O)[C@@H](c1ccccc1)[NH+]1CCN(c2ccccc2Cl)CC1. The number of halogens is 1. The molecular weight excluding hydrogens is 352 g/mol. The lowest BCUT2D eigenvalue weighted by atomic mass is 10.0. The zero-order valence-corrected chi connectivity index (χ0v) is 15.1. The maximum atomic E-state index is 12.6. The standard InChI is InChI=1S/C19H21ClN4O2/c20-15-8-4-5-9-16(15)23-10-12-24(13-11-23)17(18(25)22-19(21)26)14-6-2-1-3-7-14/h1-9,17H,10-13H2,(H3,21,22,25,26)/p+1/t17-/m1/s1. The average Bonchev–Trinajstić information content (AvgIpc) is 2.63. The van der Waals surface area contributed by atoms with E-state index in [0.717, 1.165) is 47.4 Å². The van der Waals surface area contributed by atoms with E-state index in [0.29, 0.717) is 0 Å². The first-order valence-electron chi connectivity index (χ1n) is 8.55. The molecule has 7 heteroatoms. The van der Waals surface area contributed by atoms with E-state index in [4.69, 9.17) is 17.3 Å². The summed E-state index contributed by atoms with van der Waals surface area (Å²) >= 11 is 6.30. The van der Waals surface area contributed by atoms with Crippen molar-refractivity contribution in [1.29, 1.82) is 0 Å². The molecule has 1 saturated heterocycles. The number of hydrogen-bond donors (Lipinski definition) is 3. The second kappa shape index (κ2) is 8.21. The summed E-state index contributed by atoms with van der Waals surface area (Å²) in [5.74, 6) is -0.370. The van der Waals surface area contributed by atoms with Crippen LogP contribution in [-0.4, -0.2) is 38.1 Å². The van der Waals surface area contributed by atoms with Crippen LogP contribution in [0.4, 0.5) is 10.5 Å². The van der Waals surface area contributed by atoms with Gasteiger partial charge in [-0.05, 0) is 12.1 Å². The molecule has 0 aliphatic carbocycles. The summed E-state index contributed by atoms with van der Waals surface area (Å²) in [7, 11) is 0. The van der Waals surface area contributed by atoms with E-state index in [9.17, 15) is 9.59 Å². The average molecular weight is 374 g/mol. The van der Waals surface area contributed by atoms with Gasteiger partial charge in [-0.15, -0.1) is 0 Å². The number of nitrogens with one attached hydrogen (secondary N) is 2. The topological polar surface area (TPSA) is 79.9 Å². The number of piperazine rings is 1. The smallest absolute Gasteiger partial charge is 0.319 e. The van der Waals surface area contributed by atoms with Gasteiger partial charge in [0.25, 0.3) is 5.91 Å².